The van der Waals surface area contributed by atoms with Crippen molar-refractivity contribution in [3.8, 4) is 0 Å². The predicted molar refractivity (Wildman–Crippen MR) is 68.5 cm³/mol. The van der Waals surface area contributed by atoms with Gasteiger partial charge in [-0.15, -0.1) is 0 Å². The van der Waals surface area contributed by atoms with E-state index < -0.39 is 4.92 Å². The van der Waals surface area contributed by atoms with E-state index in [1.807, 2.05) is 0 Å². The number of carbonyl (C=O) groups excluding carboxylic acids is 1. The van der Waals surface area contributed by atoms with E-state index in [1.54, 1.807) is 0 Å². The van der Waals surface area contributed by atoms with Crippen LogP contribution in [0.4, 0.5) is 11.5 Å². The maximum atomic E-state index is 12.1. The number of pyridine rings is 1. The minimum atomic E-state index is -0.505. The third-order valence-electron chi connectivity index (χ3n) is 4.28. The van der Waals surface area contributed by atoms with Gasteiger partial charge in [-0.1, -0.05) is 6.42 Å². The molecule has 1 aromatic rings. The Labute approximate surface area is 110 Å². The molecule has 2 aliphatic carbocycles. The Morgan fingerprint density at radius 3 is 2.74 bits per heavy atom. The van der Waals surface area contributed by atoms with Crippen LogP contribution in [-0.4, -0.2) is 15.8 Å². The molecule has 2 aliphatic rings. The molecule has 1 N–H and O–H groups in total. The highest BCUT2D eigenvalue weighted by Crippen LogP contribution is 2.48. The number of nitrogens with one attached hydrogen (secondary N) is 1. The lowest BCUT2D eigenvalue weighted by Gasteiger charge is -2.20. The van der Waals surface area contributed by atoms with Crippen LogP contribution in [0.25, 0.3) is 0 Å². The summed E-state index contributed by atoms with van der Waals surface area (Å²) in [7, 11) is 0. The molecule has 100 valence electrons. The van der Waals surface area contributed by atoms with Crippen molar-refractivity contribution in [1.82, 2.24) is 4.98 Å². The standard InChI is InChI=1S/C13H15N3O3/c17-13(11-6-8-1-2-9(11)5-8)15-12-4-3-10(7-14-12)16(18)19/h3-4,7-9,11H,1-2,5-6H2,(H,14,15,17)/t8-,9-,11-/m0/s1. The molecule has 1 amide bonds. The Morgan fingerprint density at radius 1 is 1.37 bits per heavy atom. The Morgan fingerprint density at radius 2 is 2.21 bits per heavy atom. The Kier molecular flexibility index (Phi) is 2.93. The van der Waals surface area contributed by atoms with Gasteiger partial charge in [-0.25, -0.2) is 4.98 Å². The van der Waals surface area contributed by atoms with Crippen LogP contribution < -0.4 is 5.32 Å². The molecule has 0 unspecified atom stereocenters. The van der Waals surface area contributed by atoms with Gasteiger partial charge >= 0.3 is 0 Å². The Hall–Kier alpha value is -1.98. The second-order valence-corrected chi connectivity index (χ2v) is 5.43. The van der Waals surface area contributed by atoms with E-state index in [0.717, 1.165) is 19.0 Å². The fraction of sp³-hybridized carbons (Fsp3) is 0.538. The van der Waals surface area contributed by atoms with Crippen LogP contribution >= 0.6 is 0 Å². The number of rotatable bonds is 3. The molecule has 6 heteroatoms. The molecule has 0 radical (unpaired) electrons. The summed E-state index contributed by atoms with van der Waals surface area (Å²) in [6.45, 7) is 0. The largest absolute Gasteiger partial charge is 0.310 e. The summed E-state index contributed by atoms with van der Waals surface area (Å²) in [5.41, 5.74) is -0.0714. The van der Waals surface area contributed by atoms with E-state index in [2.05, 4.69) is 10.3 Å². The highest BCUT2D eigenvalue weighted by molar-refractivity contribution is 5.92. The summed E-state index contributed by atoms with van der Waals surface area (Å²) in [5.74, 6) is 1.72. The molecule has 3 atom stereocenters. The normalized spacial score (nSPS) is 28.3. The molecule has 2 fully saturated rings. The van der Waals surface area contributed by atoms with E-state index in [9.17, 15) is 14.9 Å². The van der Waals surface area contributed by atoms with Crippen LogP contribution in [0.1, 0.15) is 25.7 Å². The SMILES string of the molecule is O=C(Nc1ccc([N+](=O)[O-])cn1)[C@H]1C[C@H]2CC[C@H]1C2. The van der Waals surface area contributed by atoms with Gasteiger partial charge in [0, 0.05) is 12.0 Å². The lowest BCUT2D eigenvalue weighted by molar-refractivity contribution is -0.385. The van der Waals surface area contributed by atoms with Crippen molar-refractivity contribution in [3.05, 3.63) is 28.4 Å². The molecular formula is C13H15N3O3. The maximum Gasteiger partial charge on any atom is 0.287 e. The first-order valence-corrected chi connectivity index (χ1v) is 6.55. The van der Waals surface area contributed by atoms with Crippen LogP contribution in [0.5, 0.6) is 0 Å². The number of fused-ring (bicyclic) bond motifs is 2. The van der Waals surface area contributed by atoms with Crippen molar-refractivity contribution in [2.45, 2.75) is 25.7 Å². The van der Waals surface area contributed by atoms with Crippen LogP contribution in [0.15, 0.2) is 18.3 Å². The number of nitrogens with zero attached hydrogens (tertiary/aromatic N) is 2. The number of aromatic nitrogens is 1. The second kappa shape index (κ2) is 4.60. The Bertz CT molecular complexity index is 514. The molecule has 0 saturated heterocycles. The zero-order chi connectivity index (χ0) is 13.4. The average Bonchev–Trinajstić information content (AvgIpc) is 3.01. The van der Waals surface area contributed by atoms with Crippen LogP contribution in [0.3, 0.4) is 0 Å². The van der Waals surface area contributed by atoms with E-state index >= 15 is 0 Å². The minimum absolute atomic E-state index is 0.00792. The molecule has 0 aliphatic heterocycles. The molecule has 3 rings (SSSR count). The van der Waals surface area contributed by atoms with Crippen molar-refractivity contribution in [2.24, 2.45) is 17.8 Å². The number of carbonyl (C=O) groups is 1. The number of anilines is 1. The van der Waals surface area contributed by atoms with E-state index in [1.165, 1.54) is 25.0 Å². The summed E-state index contributed by atoms with van der Waals surface area (Å²) in [6, 6.07) is 2.83. The molecular weight excluding hydrogens is 246 g/mol. The van der Waals surface area contributed by atoms with Crippen LogP contribution in [-0.2, 0) is 4.79 Å². The van der Waals surface area contributed by atoms with Crippen LogP contribution in [0.2, 0.25) is 0 Å². The third-order valence-corrected chi connectivity index (χ3v) is 4.28. The number of amides is 1. The highest BCUT2D eigenvalue weighted by atomic mass is 16.6. The van der Waals surface area contributed by atoms with Crippen molar-refractivity contribution >= 4 is 17.4 Å². The molecule has 6 nitrogen and oxygen atoms in total. The third kappa shape index (κ3) is 2.30. The molecule has 19 heavy (non-hydrogen) atoms. The molecule has 2 bridgehead atoms. The van der Waals surface area contributed by atoms with Gasteiger partial charge in [0.25, 0.3) is 5.69 Å². The molecule has 0 spiro atoms. The van der Waals surface area contributed by atoms with E-state index in [4.69, 9.17) is 0 Å². The average molecular weight is 261 g/mol. The highest BCUT2D eigenvalue weighted by Gasteiger charge is 2.43. The van der Waals surface area contributed by atoms with Gasteiger partial charge in [0.05, 0.1) is 4.92 Å². The molecule has 1 aromatic heterocycles. The zero-order valence-corrected chi connectivity index (χ0v) is 10.4. The van der Waals surface area contributed by atoms with E-state index in [-0.39, 0.29) is 17.5 Å². The first-order chi connectivity index (χ1) is 9.13. The lowest BCUT2D eigenvalue weighted by atomic mass is 9.88. The van der Waals surface area contributed by atoms with E-state index in [0.29, 0.717) is 17.7 Å². The van der Waals surface area contributed by atoms with Crippen molar-refractivity contribution < 1.29 is 9.72 Å². The van der Waals surface area contributed by atoms with Gasteiger partial charge in [-0.05, 0) is 37.2 Å². The zero-order valence-electron chi connectivity index (χ0n) is 10.4. The quantitative estimate of drug-likeness (QED) is 0.668. The maximum absolute atomic E-state index is 12.1. The fourth-order valence-corrected chi connectivity index (χ4v) is 3.35. The predicted octanol–water partition coefficient (Wildman–Crippen LogP) is 2.36. The topological polar surface area (TPSA) is 85.1 Å². The summed E-state index contributed by atoms with van der Waals surface area (Å²) < 4.78 is 0. The van der Waals surface area contributed by atoms with Crippen molar-refractivity contribution in [3.63, 3.8) is 0 Å². The van der Waals surface area contributed by atoms with Crippen molar-refractivity contribution in [2.75, 3.05) is 5.32 Å². The fourth-order valence-electron chi connectivity index (χ4n) is 3.35. The number of hydrogen-bond acceptors (Lipinski definition) is 4. The van der Waals surface area contributed by atoms with Gasteiger partial charge in [0.15, 0.2) is 0 Å². The lowest BCUT2D eigenvalue weighted by Crippen LogP contribution is -2.27. The molecule has 1 heterocycles. The van der Waals surface area contributed by atoms with Gasteiger partial charge in [0.2, 0.25) is 5.91 Å². The van der Waals surface area contributed by atoms with Gasteiger partial charge in [-0.2, -0.15) is 0 Å². The first-order valence-electron chi connectivity index (χ1n) is 6.55. The minimum Gasteiger partial charge on any atom is -0.310 e. The second-order valence-electron chi connectivity index (χ2n) is 5.43. The summed E-state index contributed by atoms with van der Waals surface area (Å²) in [6.07, 6.45) is 5.71. The summed E-state index contributed by atoms with van der Waals surface area (Å²) in [5, 5.41) is 13.3. The van der Waals surface area contributed by atoms with Crippen LogP contribution in [0, 0.1) is 27.9 Å². The summed E-state index contributed by atoms with van der Waals surface area (Å²) in [4.78, 5) is 26.0. The van der Waals surface area contributed by atoms with Crippen molar-refractivity contribution in [1.29, 1.82) is 0 Å². The Balaban J connectivity index is 1.64. The van der Waals surface area contributed by atoms with Gasteiger partial charge in [-0.3, -0.25) is 14.9 Å². The molecule has 2 saturated carbocycles. The smallest absolute Gasteiger partial charge is 0.287 e. The van der Waals surface area contributed by atoms with Gasteiger partial charge in [0.1, 0.15) is 12.0 Å². The van der Waals surface area contributed by atoms with Gasteiger partial charge < -0.3 is 5.32 Å². The summed E-state index contributed by atoms with van der Waals surface area (Å²) >= 11 is 0. The first kappa shape index (κ1) is 12.1. The number of hydrogen-bond donors (Lipinski definition) is 1. The number of nitro groups is 1. The molecule has 0 aromatic carbocycles. The monoisotopic (exact) mass is 261 g/mol.